The lowest BCUT2D eigenvalue weighted by Crippen LogP contribution is -2.01. The molecule has 0 bridgehead atoms. The predicted molar refractivity (Wildman–Crippen MR) is 74.2 cm³/mol. The first-order valence-corrected chi connectivity index (χ1v) is 6.58. The number of nitrogens with zero attached hydrogens (tertiary/aromatic N) is 1. The predicted octanol–water partition coefficient (Wildman–Crippen LogP) is 3.84. The number of ketones is 1. The van der Waals surface area contributed by atoms with Gasteiger partial charge in [-0.05, 0) is 17.7 Å². The molecule has 0 saturated carbocycles. The Morgan fingerprint density at radius 2 is 1.89 bits per heavy atom. The van der Waals surface area contributed by atoms with E-state index in [-0.39, 0.29) is 5.78 Å². The maximum Gasteiger partial charge on any atom is 0.205 e. The molecule has 0 N–H and O–H groups in total. The topological polar surface area (TPSA) is 30.0 Å². The zero-order valence-corrected chi connectivity index (χ0v) is 10.7. The highest BCUT2D eigenvalue weighted by Gasteiger charge is 2.16. The van der Waals surface area contributed by atoms with E-state index < -0.39 is 0 Å². The van der Waals surface area contributed by atoms with Gasteiger partial charge in [0.25, 0.3) is 0 Å². The normalized spacial score (nSPS) is 10.7. The summed E-state index contributed by atoms with van der Waals surface area (Å²) >= 11 is 1.40. The second kappa shape index (κ2) is 4.35. The summed E-state index contributed by atoms with van der Waals surface area (Å²) in [4.78, 5) is 17.4. The summed E-state index contributed by atoms with van der Waals surface area (Å²) < 4.78 is 0. The Bertz CT molecular complexity index is 725. The lowest BCUT2D eigenvalue weighted by molar-refractivity contribution is 0.104. The molecule has 3 heteroatoms. The Labute approximate surface area is 109 Å². The first-order valence-electron chi connectivity index (χ1n) is 5.70. The number of fused-ring (bicyclic) bond motifs is 1. The Hall–Kier alpha value is -2.00. The highest BCUT2D eigenvalue weighted by molar-refractivity contribution is 7.12. The number of rotatable bonds is 2. The summed E-state index contributed by atoms with van der Waals surface area (Å²) in [6.45, 7) is 1.87. The van der Waals surface area contributed by atoms with Crippen molar-refractivity contribution < 1.29 is 4.79 Å². The van der Waals surface area contributed by atoms with E-state index in [1.54, 1.807) is 5.51 Å². The van der Waals surface area contributed by atoms with Crippen molar-refractivity contribution in [1.82, 2.24) is 4.98 Å². The third-order valence-corrected chi connectivity index (χ3v) is 3.91. The molecule has 0 unspecified atom stereocenters. The molecular formula is C15H11NOS. The molecule has 0 saturated heterocycles. The number of hydrogen-bond acceptors (Lipinski definition) is 3. The number of thiazole rings is 1. The van der Waals surface area contributed by atoms with Crippen LogP contribution in [-0.4, -0.2) is 10.8 Å². The summed E-state index contributed by atoms with van der Waals surface area (Å²) in [7, 11) is 0. The number of carbonyl (C=O) groups excluding carboxylic acids is 1. The van der Waals surface area contributed by atoms with Crippen LogP contribution in [0.15, 0.2) is 48.0 Å². The SMILES string of the molecule is Cc1ncsc1C(=O)c1cccc2ccccc12. The molecule has 0 atom stereocenters. The van der Waals surface area contributed by atoms with Crippen LogP contribution in [0.5, 0.6) is 0 Å². The van der Waals surface area contributed by atoms with E-state index in [1.807, 2.05) is 49.4 Å². The van der Waals surface area contributed by atoms with Gasteiger partial charge in [-0.3, -0.25) is 4.79 Å². The van der Waals surface area contributed by atoms with Crippen molar-refractivity contribution in [2.75, 3.05) is 0 Å². The van der Waals surface area contributed by atoms with Crippen molar-refractivity contribution in [2.45, 2.75) is 6.92 Å². The summed E-state index contributed by atoms with van der Waals surface area (Å²) in [5.41, 5.74) is 3.27. The van der Waals surface area contributed by atoms with E-state index >= 15 is 0 Å². The van der Waals surface area contributed by atoms with Crippen LogP contribution in [0.25, 0.3) is 10.8 Å². The number of hydrogen-bond donors (Lipinski definition) is 0. The molecule has 3 rings (SSSR count). The standard InChI is InChI=1S/C15H11NOS/c1-10-15(18-9-16-10)14(17)13-8-4-6-11-5-2-3-7-12(11)13/h2-9H,1H3. The van der Waals surface area contributed by atoms with Gasteiger partial charge < -0.3 is 0 Å². The maximum absolute atomic E-state index is 12.5. The second-order valence-corrected chi connectivity index (χ2v) is 4.98. The molecule has 0 aliphatic heterocycles. The van der Waals surface area contributed by atoms with E-state index in [4.69, 9.17) is 0 Å². The summed E-state index contributed by atoms with van der Waals surface area (Å²) in [6.07, 6.45) is 0. The number of carbonyl (C=O) groups is 1. The maximum atomic E-state index is 12.5. The fraction of sp³-hybridized carbons (Fsp3) is 0.0667. The number of aromatic nitrogens is 1. The van der Waals surface area contributed by atoms with Gasteiger partial charge in [-0.25, -0.2) is 4.98 Å². The van der Waals surface area contributed by atoms with E-state index in [9.17, 15) is 4.79 Å². The van der Waals surface area contributed by atoms with Crippen molar-refractivity contribution in [2.24, 2.45) is 0 Å². The average molecular weight is 253 g/mol. The summed E-state index contributed by atoms with van der Waals surface area (Å²) in [5, 5.41) is 2.09. The van der Waals surface area contributed by atoms with Crippen LogP contribution in [0.4, 0.5) is 0 Å². The molecule has 0 amide bonds. The van der Waals surface area contributed by atoms with Crippen LogP contribution in [0.3, 0.4) is 0 Å². The zero-order chi connectivity index (χ0) is 12.5. The van der Waals surface area contributed by atoms with Crippen molar-refractivity contribution in [1.29, 1.82) is 0 Å². The van der Waals surface area contributed by atoms with Gasteiger partial charge in [0.05, 0.1) is 16.1 Å². The Morgan fingerprint density at radius 1 is 1.11 bits per heavy atom. The summed E-state index contributed by atoms with van der Waals surface area (Å²) in [5.74, 6) is 0.0619. The molecule has 1 aromatic heterocycles. The van der Waals surface area contributed by atoms with Gasteiger partial charge in [-0.15, -0.1) is 11.3 Å². The van der Waals surface area contributed by atoms with Gasteiger partial charge in [0.2, 0.25) is 5.78 Å². The van der Waals surface area contributed by atoms with Gasteiger partial charge in [0.15, 0.2) is 0 Å². The van der Waals surface area contributed by atoms with E-state index in [2.05, 4.69) is 4.98 Å². The van der Waals surface area contributed by atoms with Crippen molar-refractivity contribution in [3.63, 3.8) is 0 Å². The third kappa shape index (κ3) is 1.73. The molecule has 0 aliphatic carbocycles. The third-order valence-electron chi connectivity index (χ3n) is 2.99. The van der Waals surface area contributed by atoms with Crippen LogP contribution >= 0.6 is 11.3 Å². The molecule has 88 valence electrons. The Kier molecular flexibility index (Phi) is 2.68. The minimum Gasteiger partial charge on any atom is -0.288 e. The lowest BCUT2D eigenvalue weighted by atomic mass is 10.0. The van der Waals surface area contributed by atoms with Crippen molar-refractivity contribution >= 4 is 27.9 Å². The molecule has 0 spiro atoms. The fourth-order valence-corrected chi connectivity index (χ4v) is 2.82. The zero-order valence-electron chi connectivity index (χ0n) is 9.88. The average Bonchev–Trinajstić information content (AvgIpc) is 2.83. The van der Waals surface area contributed by atoms with Crippen LogP contribution < -0.4 is 0 Å². The molecule has 18 heavy (non-hydrogen) atoms. The van der Waals surface area contributed by atoms with Gasteiger partial charge >= 0.3 is 0 Å². The second-order valence-electron chi connectivity index (χ2n) is 4.12. The van der Waals surface area contributed by atoms with Crippen LogP contribution in [0, 0.1) is 6.92 Å². The van der Waals surface area contributed by atoms with E-state index in [0.29, 0.717) is 0 Å². The molecule has 1 heterocycles. The lowest BCUT2D eigenvalue weighted by Gasteiger charge is -2.04. The van der Waals surface area contributed by atoms with Gasteiger partial charge in [0, 0.05) is 5.56 Å². The molecule has 0 aliphatic rings. The Balaban J connectivity index is 2.21. The smallest absolute Gasteiger partial charge is 0.205 e. The fourth-order valence-electron chi connectivity index (χ4n) is 2.07. The first-order chi connectivity index (χ1) is 8.77. The van der Waals surface area contributed by atoms with Gasteiger partial charge in [-0.1, -0.05) is 42.5 Å². The molecular weight excluding hydrogens is 242 g/mol. The van der Waals surface area contributed by atoms with Crippen LogP contribution in [0.1, 0.15) is 20.9 Å². The molecule has 0 fully saturated rings. The molecule has 0 radical (unpaired) electrons. The molecule has 2 aromatic carbocycles. The van der Waals surface area contributed by atoms with Crippen molar-refractivity contribution in [3.8, 4) is 0 Å². The number of aryl methyl sites for hydroxylation is 1. The van der Waals surface area contributed by atoms with E-state index in [1.165, 1.54) is 11.3 Å². The van der Waals surface area contributed by atoms with Gasteiger partial charge in [0.1, 0.15) is 0 Å². The minimum absolute atomic E-state index is 0.0619. The Morgan fingerprint density at radius 3 is 2.67 bits per heavy atom. The first kappa shape index (κ1) is 11.1. The quantitative estimate of drug-likeness (QED) is 0.649. The summed E-state index contributed by atoms with van der Waals surface area (Å²) in [6, 6.07) is 13.8. The molecule has 2 nitrogen and oxygen atoms in total. The van der Waals surface area contributed by atoms with Crippen LogP contribution in [-0.2, 0) is 0 Å². The minimum atomic E-state index is 0.0619. The van der Waals surface area contributed by atoms with Gasteiger partial charge in [-0.2, -0.15) is 0 Å². The monoisotopic (exact) mass is 253 g/mol. The van der Waals surface area contributed by atoms with E-state index in [0.717, 1.165) is 26.9 Å². The highest BCUT2D eigenvalue weighted by atomic mass is 32.1. The van der Waals surface area contributed by atoms with Crippen molar-refractivity contribution in [3.05, 3.63) is 64.1 Å². The highest BCUT2D eigenvalue weighted by Crippen LogP contribution is 2.24. The molecule has 3 aromatic rings. The largest absolute Gasteiger partial charge is 0.288 e. The number of benzene rings is 2. The van der Waals surface area contributed by atoms with Crippen LogP contribution in [0.2, 0.25) is 0 Å².